The molecular formula is C26H25N7O. The maximum Gasteiger partial charge on any atom is 0.198 e. The van der Waals surface area contributed by atoms with E-state index < -0.39 is 0 Å². The van der Waals surface area contributed by atoms with Crippen LogP contribution in [0.3, 0.4) is 0 Å². The van der Waals surface area contributed by atoms with Crippen molar-refractivity contribution >= 4 is 10.9 Å². The molecule has 1 saturated carbocycles. The van der Waals surface area contributed by atoms with E-state index >= 15 is 0 Å². The average molecular weight is 452 g/mol. The Kier molecular flexibility index (Phi) is 4.69. The van der Waals surface area contributed by atoms with Crippen molar-refractivity contribution in [2.45, 2.75) is 38.6 Å². The predicted molar refractivity (Wildman–Crippen MR) is 131 cm³/mol. The molecule has 0 atom stereocenters. The van der Waals surface area contributed by atoms with Gasteiger partial charge >= 0.3 is 0 Å². The van der Waals surface area contributed by atoms with Crippen LogP contribution in [0.25, 0.3) is 39.4 Å². The SMILES string of the molecule is CC(C)n1cnnc1-c1cccc(-c2cn(C)c3ccc(-n4cnc(C5CC5)c4)cc3c2=O)n1. The number of pyridine rings is 2. The summed E-state index contributed by atoms with van der Waals surface area (Å²) in [4.78, 5) is 23.0. The Labute approximate surface area is 196 Å². The monoisotopic (exact) mass is 451 g/mol. The maximum atomic E-state index is 13.6. The third-order valence-electron chi connectivity index (χ3n) is 6.45. The maximum absolute atomic E-state index is 13.6. The van der Waals surface area contributed by atoms with E-state index in [2.05, 4.69) is 35.2 Å². The molecule has 0 saturated heterocycles. The molecule has 1 aliphatic carbocycles. The fraction of sp³-hybridized carbons (Fsp3) is 0.269. The fourth-order valence-electron chi connectivity index (χ4n) is 4.41. The largest absolute Gasteiger partial charge is 0.350 e. The van der Waals surface area contributed by atoms with Gasteiger partial charge in [-0.3, -0.25) is 4.79 Å². The Hall–Kier alpha value is -4.07. The first-order chi connectivity index (χ1) is 16.5. The van der Waals surface area contributed by atoms with E-state index in [0.29, 0.717) is 34.1 Å². The number of imidazole rings is 1. The molecule has 0 unspecified atom stereocenters. The second kappa shape index (κ2) is 7.76. The molecule has 1 aromatic carbocycles. The van der Waals surface area contributed by atoms with Crippen LogP contribution >= 0.6 is 0 Å². The number of rotatable bonds is 5. The van der Waals surface area contributed by atoms with Crippen LogP contribution in [0.1, 0.15) is 44.3 Å². The lowest BCUT2D eigenvalue weighted by atomic mass is 10.1. The zero-order valence-corrected chi connectivity index (χ0v) is 19.4. The Bertz CT molecular complexity index is 1590. The third kappa shape index (κ3) is 3.42. The third-order valence-corrected chi connectivity index (χ3v) is 6.45. The van der Waals surface area contributed by atoms with E-state index in [1.807, 2.05) is 69.7 Å². The predicted octanol–water partition coefficient (Wildman–Crippen LogP) is 4.50. The molecule has 170 valence electrons. The molecule has 0 aliphatic heterocycles. The van der Waals surface area contributed by atoms with Gasteiger partial charge in [-0.2, -0.15) is 0 Å². The molecule has 4 aromatic heterocycles. The van der Waals surface area contributed by atoms with Crippen molar-refractivity contribution < 1.29 is 0 Å². The second-order valence-corrected chi connectivity index (χ2v) is 9.23. The number of hydrogen-bond acceptors (Lipinski definition) is 5. The number of benzene rings is 1. The quantitative estimate of drug-likeness (QED) is 0.393. The van der Waals surface area contributed by atoms with Crippen molar-refractivity contribution in [2.75, 3.05) is 0 Å². The topological polar surface area (TPSA) is 83.4 Å². The van der Waals surface area contributed by atoms with Crippen LogP contribution in [-0.4, -0.2) is 33.9 Å². The lowest BCUT2D eigenvalue weighted by Crippen LogP contribution is -2.12. The molecule has 1 aliphatic rings. The highest BCUT2D eigenvalue weighted by Gasteiger charge is 2.26. The normalized spacial score (nSPS) is 13.8. The highest BCUT2D eigenvalue weighted by molar-refractivity contribution is 5.85. The zero-order chi connectivity index (χ0) is 23.4. The van der Waals surface area contributed by atoms with Crippen molar-refractivity contribution in [1.29, 1.82) is 0 Å². The lowest BCUT2D eigenvalue weighted by molar-refractivity contribution is 0.603. The summed E-state index contributed by atoms with van der Waals surface area (Å²) in [6, 6.07) is 11.8. The zero-order valence-electron chi connectivity index (χ0n) is 19.4. The number of aromatic nitrogens is 7. The lowest BCUT2D eigenvalue weighted by Gasteiger charge is -2.12. The summed E-state index contributed by atoms with van der Waals surface area (Å²) in [5.41, 5.74) is 4.72. The summed E-state index contributed by atoms with van der Waals surface area (Å²) in [5, 5.41) is 8.95. The summed E-state index contributed by atoms with van der Waals surface area (Å²) < 4.78 is 5.94. The summed E-state index contributed by atoms with van der Waals surface area (Å²) in [6.07, 6.45) is 9.88. The molecule has 0 N–H and O–H groups in total. The average Bonchev–Trinajstić information content (AvgIpc) is 3.36. The smallest absolute Gasteiger partial charge is 0.198 e. The van der Waals surface area contributed by atoms with E-state index in [0.717, 1.165) is 16.9 Å². The summed E-state index contributed by atoms with van der Waals surface area (Å²) in [7, 11) is 1.95. The standard InChI is InChI=1S/C26H25N7O/c1-16(2)33-15-28-30-26(33)22-6-4-5-21(29-22)20-12-31(3)24-10-9-18(11-19(24)25(20)34)32-13-23(27-14-32)17-7-8-17/h4-6,9-17H,7-8H2,1-3H3. The van der Waals surface area contributed by atoms with Gasteiger partial charge in [0.05, 0.1) is 28.8 Å². The van der Waals surface area contributed by atoms with Crippen LogP contribution in [0.2, 0.25) is 0 Å². The minimum atomic E-state index is -0.0486. The highest BCUT2D eigenvalue weighted by Crippen LogP contribution is 2.39. The molecule has 34 heavy (non-hydrogen) atoms. The van der Waals surface area contributed by atoms with Gasteiger partial charge in [0.25, 0.3) is 0 Å². The van der Waals surface area contributed by atoms with Gasteiger partial charge in [-0.15, -0.1) is 10.2 Å². The van der Waals surface area contributed by atoms with Crippen molar-refractivity contribution in [2.24, 2.45) is 7.05 Å². The molecule has 6 rings (SSSR count). The molecule has 5 aromatic rings. The van der Waals surface area contributed by atoms with Gasteiger partial charge in [0.15, 0.2) is 11.3 Å². The van der Waals surface area contributed by atoms with E-state index in [1.54, 1.807) is 6.33 Å². The van der Waals surface area contributed by atoms with Gasteiger partial charge in [-0.25, -0.2) is 9.97 Å². The van der Waals surface area contributed by atoms with Gasteiger partial charge in [0.1, 0.15) is 12.0 Å². The summed E-state index contributed by atoms with van der Waals surface area (Å²) in [6.45, 7) is 4.14. The van der Waals surface area contributed by atoms with Crippen LogP contribution < -0.4 is 5.43 Å². The van der Waals surface area contributed by atoms with Crippen molar-refractivity contribution in [3.8, 4) is 28.5 Å². The number of hydrogen-bond donors (Lipinski definition) is 0. The van der Waals surface area contributed by atoms with Gasteiger partial charge in [0.2, 0.25) is 0 Å². The van der Waals surface area contributed by atoms with Gasteiger partial charge < -0.3 is 13.7 Å². The number of fused-ring (bicyclic) bond motifs is 1. The Balaban J connectivity index is 1.46. The van der Waals surface area contributed by atoms with Crippen LogP contribution in [0.15, 0.2) is 66.2 Å². The van der Waals surface area contributed by atoms with Crippen LogP contribution in [0, 0.1) is 0 Å². The van der Waals surface area contributed by atoms with Gasteiger partial charge in [-0.05, 0) is 57.0 Å². The minimum Gasteiger partial charge on any atom is -0.350 e. The molecular weight excluding hydrogens is 426 g/mol. The van der Waals surface area contributed by atoms with Crippen molar-refractivity contribution in [1.82, 2.24) is 33.9 Å². The van der Waals surface area contributed by atoms with Gasteiger partial charge in [0, 0.05) is 42.5 Å². The number of aryl methyl sites for hydroxylation is 1. The van der Waals surface area contributed by atoms with Gasteiger partial charge in [-0.1, -0.05) is 6.07 Å². The fourth-order valence-corrected chi connectivity index (χ4v) is 4.41. The van der Waals surface area contributed by atoms with Crippen LogP contribution in [0.5, 0.6) is 0 Å². The molecule has 8 heteroatoms. The highest BCUT2D eigenvalue weighted by atomic mass is 16.1. The first-order valence-electron chi connectivity index (χ1n) is 11.5. The van der Waals surface area contributed by atoms with E-state index in [-0.39, 0.29) is 11.5 Å². The van der Waals surface area contributed by atoms with Crippen molar-refractivity contribution in [3.05, 3.63) is 77.4 Å². The van der Waals surface area contributed by atoms with Crippen LogP contribution in [-0.2, 0) is 7.05 Å². The first-order valence-corrected chi connectivity index (χ1v) is 11.5. The summed E-state index contributed by atoms with van der Waals surface area (Å²) >= 11 is 0. The first kappa shape index (κ1) is 20.5. The Morgan fingerprint density at radius 3 is 2.65 bits per heavy atom. The van der Waals surface area contributed by atoms with E-state index in [9.17, 15) is 4.79 Å². The molecule has 0 radical (unpaired) electrons. The molecule has 8 nitrogen and oxygen atoms in total. The number of nitrogens with zero attached hydrogens (tertiary/aromatic N) is 7. The Morgan fingerprint density at radius 1 is 1.03 bits per heavy atom. The van der Waals surface area contributed by atoms with E-state index in [1.165, 1.54) is 12.8 Å². The molecule has 0 amide bonds. The second-order valence-electron chi connectivity index (χ2n) is 9.23. The van der Waals surface area contributed by atoms with Crippen molar-refractivity contribution in [3.63, 3.8) is 0 Å². The minimum absolute atomic E-state index is 0.0486. The molecule has 1 fully saturated rings. The molecule has 4 heterocycles. The molecule has 0 spiro atoms. The summed E-state index contributed by atoms with van der Waals surface area (Å²) in [5.74, 6) is 1.27. The Morgan fingerprint density at radius 2 is 1.85 bits per heavy atom. The molecule has 0 bridgehead atoms. The van der Waals surface area contributed by atoms with Crippen LogP contribution in [0.4, 0.5) is 0 Å². The van der Waals surface area contributed by atoms with E-state index in [4.69, 9.17) is 4.98 Å².